The van der Waals surface area contributed by atoms with Crippen LogP contribution in [0.2, 0.25) is 0 Å². The van der Waals surface area contributed by atoms with Crippen LogP contribution in [0, 0.1) is 6.92 Å². The minimum Gasteiger partial charge on any atom is -0.489 e. The lowest BCUT2D eigenvalue weighted by Crippen LogP contribution is -1.95. The molecule has 3 heteroatoms. The van der Waals surface area contributed by atoms with Crippen LogP contribution in [0.1, 0.15) is 11.1 Å². The summed E-state index contributed by atoms with van der Waals surface area (Å²) in [6.07, 6.45) is 0. The van der Waals surface area contributed by atoms with E-state index in [-0.39, 0.29) is 0 Å². The normalized spacial score (nSPS) is 10.4. The van der Waals surface area contributed by atoms with Gasteiger partial charge in [-0.25, -0.2) is 4.98 Å². The Hall–Kier alpha value is -2.13. The maximum absolute atomic E-state index is 5.83. The summed E-state index contributed by atoms with van der Waals surface area (Å²) in [4.78, 5) is 4.35. The molecule has 100 valence electrons. The maximum atomic E-state index is 5.83. The van der Waals surface area contributed by atoms with Crippen molar-refractivity contribution in [3.05, 3.63) is 70.5 Å². The number of aromatic nitrogens is 1. The first-order valence-electron chi connectivity index (χ1n) is 6.49. The molecule has 0 bridgehead atoms. The van der Waals surface area contributed by atoms with Gasteiger partial charge in [-0.1, -0.05) is 30.3 Å². The minimum absolute atomic E-state index is 0.594. The molecule has 3 rings (SSSR count). The Bertz CT molecular complexity index is 677. The van der Waals surface area contributed by atoms with E-state index in [0.717, 1.165) is 11.4 Å². The average molecular weight is 281 g/mol. The van der Waals surface area contributed by atoms with E-state index in [4.69, 9.17) is 4.74 Å². The topological polar surface area (TPSA) is 22.1 Å². The standard InChI is InChI=1S/C17H15NOS/c1-13-9-15(19-10-14-5-3-2-4-6-14)7-8-16(13)17-11-20-12-18-17/h2-9,11-12H,10H2,1H3. The average Bonchev–Trinajstić information content (AvgIpc) is 3.00. The summed E-state index contributed by atoms with van der Waals surface area (Å²) in [5.74, 6) is 0.894. The van der Waals surface area contributed by atoms with Crippen molar-refractivity contribution in [3.63, 3.8) is 0 Å². The van der Waals surface area contributed by atoms with Gasteiger partial charge in [-0.2, -0.15) is 0 Å². The molecule has 20 heavy (non-hydrogen) atoms. The van der Waals surface area contributed by atoms with Gasteiger partial charge in [-0.3, -0.25) is 0 Å². The van der Waals surface area contributed by atoms with Gasteiger partial charge in [0.1, 0.15) is 12.4 Å². The number of nitrogens with zero attached hydrogens (tertiary/aromatic N) is 1. The molecule has 0 spiro atoms. The molecule has 0 saturated heterocycles. The lowest BCUT2D eigenvalue weighted by molar-refractivity contribution is 0.306. The van der Waals surface area contributed by atoms with Crippen molar-refractivity contribution in [2.45, 2.75) is 13.5 Å². The highest BCUT2D eigenvalue weighted by Gasteiger charge is 2.05. The summed E-state index contributed by atoms with van der Waals surface area (Å²) in [5, 5.41) is 2.06. The lowest BCUT2D eigenvalue weighted by Gasteiger charge is -2.09. The van der Waals surface area contributed by atoms with Gasteiger partial charge in [-0.15, -0.1) is 11.3 Å². The molecule has 0 fully saturated rings. The molecule has 0 aliphatic carbocycles. The van der Waals surface area contributed by atoms with Crippen molar-refractivity contribution >= 4 is 11.3 Å². The largest absolute Gasteiger partial charge is 0.489 e. The van der Waals surface area contributed by atoms with Crippen molar-refractivity contribution < 1.29 is 4.74 Å². The third kappa shape index (κ3) is 2.89. The predicted octanol–water partition coefficient (Wildman–Crippen LogP) is 4.70. The Morgan fingerprint density at radius 2 is 1.95 bits per heavy atom. The van der Waals surface area contributed by atoms with Gasteiger partial charge in [0.25, 0.3) is 0 Å². The van der Waals surface area contributed by atoms with Crippen LogP contribution in [0.15, 0.2) is 59.4 Å². The molecule has 2 nitrogen and oxygen atoms in total. The number of hydrogen-bond donors (Lipinski definition) is 0. The van der Waals surface area contributed by atoms with Gasteiger partial charge in [0.05, 0.1) is 11.2 Å². The lowest BCUT2D eigenvalue weighted by atomic mass is 10.1. The first kappa shape index (κ1) is 12.9. The van der Waals surface area contributed by atoms with Gasteiger partial charge in [0.2, 0.25) is 0 Å². The minimum atomic E-state index is 0.594. The third-order valence-corrected chi connectivity index (χ3v) is 3.74. The Morgan fingerprint density at radius 1 is 1.10 bits per heavy atom. The highest BCUT2D eigenvalue weighted by molar-refractivity contribution is 7.07. The fraction of sp³-hybridized carbons (Fsp3) is 0.118. The van der Waals surface area contributed by atoms with Crippen LogP contribution in [0.3, 0.4) is 0 Å². The fourth-order valence-corrected chi connectivity index (χ4v) is 2.65. The quantitative estimate of drug-likeness (QED) is 0.691. The van der Waals surface area contributed by atoms with Crippen LogP contribution in [0.25, 0.3) is 11.3 Å². The first-order valence-corrected chi connectivity index (χ1v) is 7.43. The number of thiazole rings is 1. The van der Waals surface area contributed by atoms with E-state index in [1.807, 2.05) is 29.8 Å². The van der Waals surface area contributed by atoms with E-state index in [9.17, 15) is 0 Å². The molecule has 2 aromatic carbocycles. The molecule has 0 saturated carbocycles. The van der Waals surface area contributed by atoms with E-state index in [2.05, 4.69) is 41.6 Å². The molecule has 0 aliphatic rings. The first-order chi connectivity index (χ1) is 9.83. The molecule has 0 amide bonds. The third-order valence-electron chi connectivity index (χ3n) is 3.15. The molecule has 0 atom stereocenters. The summed E-state index contributed by atoms with van der Waals surface area (Å²) >= 11 is 1.61. The zero-order valence-corrected chi connectivity index (χ0v) is 12.1. The maximum Gasteiger partial charge on any atom is 0.120 e. The summed E-state index contributed by atoms with van der Waals surface area (Å²) in [7, 11) is 0. The SMILES string of the molecule is Cc1cc(OCc2ccccc2)ccc1-c1cscn1. The number of benzene rings is 2. The molecule has 1 aromatic heterocycles. The second kappa shape index (κ2) is 5.88. The molecule has 0 radical (unpaired) electrons. The summed E-state index contributed by atoms with van der Waals surface area (Å²) in [6, 6.07) is 16.3. The smallest absolute Gasteiger partial charge is 0.120 e. The van der Waals surface area contributed by atoms with Crippen molar-refractivity contribution in [3.8, 4) is 17.0 Å². The Kier molecular flexibility index (Phi) is 3.79. The van der Waals surface area contributed by atoms with Crippen molar-refractivity contribution in [2.75, 3.05) is 0 Å². The van der Waals surface area contributed by atoms with E-state index < -0.39 is 0 Å². The van der Waals surface area contributed by atoms with Gasteiger partial charge in [0, 0.05) is 10.9 Å². The Balaban J connectivity index is 1.74. The van der Waals surface area contributed by atoms with Gasteiger partial charge in [0.15, 0.2) is 0 Å². The summed E-state index contributed by atoms with van der Waals surface area (Å²) in [5.41, 5.74) is 6.41. The van der Waals surface area contributed by atoms with Crippen LogP contribution in [-0.4, -0.2) is 4.98 Å². The molecule has 0 N–H and O–H groups in total. The number of ether oxygens (including phenoxy) is 1. The van der Waals surface area contributed by atoms with Crippen molar-refractivity contribution in [1.29, 1.82) is 0 Å². The van der Waals surface area contributed by atoms with Gasteiger partial charge in [-0.05, 0) is 36.2 Å². The second-order valence-corrected chi connectivity index (χ2v) is 5.34. The molecular weight excluding hydrogens is 266 g/mol. The highest BCUT2D eigenvalue weighted by atomic mass is 32.1. The number of aryl methyl sites for hydroxylation is 1. The van der Waals surface area contributed by atoms with E-state index in [1.165, 1.54) is 16.7 Å². The van der Waals surface area contributed by atoms with Crippen LogP contribution < -0.4 is 4.74 Å². The van der Waals surface area contributed by atoms with Crippen LogP contribution in [0.5, 0.6) is 5.75 Å². The number of hydrogen-bond acceptors (Lipinski definition) is 3. The highest BCUT2D eigenvalue weighted by Crippen LogP contribution is 2.26. The Morgan fingerprint density at radius 3 is 2.65 bits per heavy atom. The van der Waals surface area contributed by atoms with Crippen molar-refractivity contribution in [1.82, 2.24) is 4.98 Å². The van der Waals surface area contributed by atoms with Gasteiger partial charge >= 0.3 is 0 Å². The summed E-state index contributed by atoms with van der Waals surface area (Å²) < 4.78 is 5.83. The van der Waals surface area contributed by atoms with E-state index >= 15 is 0 Å². The fourth-order valence-electron chi connectivity index (χ4n) is 2.10. The molecule has 1 heterocycles. The molecule has 0 aliphatic heterocycles. The molecule has 0 unspecified atom stereocenters. The summed E-state index contributed by atoms with van der Waals surface area (Å²) in [6.45, 7) is 2.68. The molecule has 3 aromatic rings. The molecular formula is C17H15NOS. The van der Waals surface area contributed by atoms with Gasteiger partial charge < -0.3 is 4.74 Å². The van der Waals surface area contributed by atoms with Crippen LogP contribution in [-0.2, 0) is 6.61 Å². The second-order valence-electron chi connectivity index (χ2n) is 4.62. The zero-order chi connectivity index (χ0) is 13.8. The monoisotopic (exact) mass is 281 g/mol. The van der Waals surface area contributed by atoms with E-state index in [0.29, 0.717) is 6.61 Å². The Labute approximate surface area is 122 Å². The number of rotatable bonds is 4. The zero-order valence-electron chi connectivity index (χ0n) is 11.2. The van der Waals surface area contributed by atoms with E-state index in [1.54, 1.807) is 11.3 Å². The van der Waals surface area contributed by atoms with Crippen LogP contribution >= 0.6 is 11.3 Å². The van der Waals surface area contributed by atoms with Crippen LogP contribution in [0.4, 0.5) is 0 Å². The van der Waals surface area contributed by atoms with Crippen molar-refractivity contribution in [2.24, 2.45) is 0 Å². The predicted molar refractivity (Wildman–Crippen MR) is 83.1 cm³/mol.